The summed E-state index contributed by atoms with van der Waals surface area (Å²) in [6.45, 7) is 4.00. The Balaban J connectivity index is 1.99. The second-order valence-electron chi connectivity index (χ2n) is 5.84. The van der Waals surface area contributed by atoms with E-state index in [2.05, 4.69) is 27.5 Å². The number of pyridine rings is 1. The Bertz CT molecular complexity index is 939. The largest absolute Gasteiger partial charge is 0.325 e. The van der Waals surface area contributed by atoms with E-state index in [1.165, 1.54) is 0 Å². The first-order chi connectivity index (χ1) is 10.5. The average molecular weight is 292 g/mol. The molecule has 1 aliphatic rings. The van der Waals surface area contributed by atoms with Gasteiger partial charge >= 0.3 is 0 Å². The maximum atomic E-state index is 11.6. The molecule has 1 aliphatic heterocycles. The van der Waals surface area contributed by atoms with Crippen LogP contribution in [0.5, 0.6) is 0 Å². The molecular formula is C17H16N4O. The van der Waals surface area contributed by atoms with E-state index in [0.29, 0.717) is 6.42 Å². The molecule has 4 rings (SSSR count). The van der Waals surface area contributed by atoms with E-state index in [1.54, 1.807) is 0 Å². The minimum atomic E-state index is 0.0547. The molecule has 0 atom stereocenters. The van der Waals surface area contributed by atoms with Crippen LogP contribution in [0.4, 0.5) is 5.69 Å². The number of hydrogen-bond acceptors (Lipinski definition) is 3. The third kappa shape index (κ3) is 1.82. The molecule has 0 fully saturated rings. The van der Waals surface area contributed by atoms with Gasteiger partial charge in [-0.15, -0.1) is 0 Å². The number of hydrogen-bond donors (Lipinski definition) is 1. The van der Waals surface area contributed by atoms with Crippen molar-refractivity contribution in [2.75, 3.05) is 5.32 Å². The quantitative estimate of drug-likeness (QED) is 0.750. The van der Waals surface area contributed by atoms with Crippen molar-refractivity contribution in [3.8, 4) is 11.3 Å². The molecule has 0 unspecified atom stereocenters. The van der Waals surface area contributed by atoms with Crippen molar-refractivity contribution in [1.29, 1.82) is 0 Å². The summed E-state index contributed by atoms with van der Waals surface area (Å²) in [6.07, 6.45) is 0.437. The summed E-state index contributed by atoms with van der Waals surface area (Å²) in [5.74, 6) is 0.0547. The smallest absolute Gasteiger partial charge is 0.228 e. The number of fused-ring (bicyclic) bond motifs is 2. The SMILES string of the molecule is Cc1ccc2nn(C)c(-c3cc(C)c4c(c3)CC(=O)N4)c2n1. The Morgan fingerprint density at radius 1 is 1.23 bits per heavy atom. The van der Waals surface area contributed by atoms with Gasteiger partial charge in [0, 0.05) is 24.0 Å². The highest BCUT2D eigenvalue weighted by molar-refractivity contribution is 6.01. The van der Waals surface area contributed by atoms with Crippen LogP contribution in [-0.4, -0.2) is 20.7 Å². The Labute approximate surface area is 128 Å². The van der Waals surface area contributed by atoms with Crippen LogP contribution in [0.2, 0.25) is 0 Å². The van der Waals surface area contributed by atoms with Crippen LogP contribution in [0.15, 0.2) is 24.3 Å². The van der Waals surface area contributed by atoms with Crippen LogP contribution < -0.4 is 5.32 Å². The van der Waals surface area contributed by atoms with Crippen LogP contribution in [0.1, 0.15) is 16.8 Å². The Hall–Kier alpha value is -2.69. The minimum absolute atomic E-state index is 0.0547. The van der Waals surface area contributed by atoms with Gasteiger partial charge in [-0.25, -0.2) is 4.98 Å². The number of benzene rings is 1. The molecule has 2 aromatic heterocycles. The standard InChI is InChI=1S/C17H16N4O/c1-9-6-12(7-11-8-14(22)19-15(9)11)17-16-13(20-21(17)3)5-4-10(2)18-16/h4-7H,8H2,1-3H3,(H,19,22). The van der Waals surface area contributed by atoms with Crippen LogP contribution in [0, 0.1) is 13.8 Å². The lowest BCUT2D eigenvalue weighted by Gasteiger charge is -2.09. The van der Waals surface area contributed by atoms with Crippen molar-refractivity contribution in [2.45, 2.75) is 20.3 Å². The van der Waals surface area contributed by atoms with Crippen LogP contribution in [-0.2, 0) is 18.3 Å². The lowest BCUT2D eigenvalue weighted by molar-refractivity contribution is -0.115. The molecule has 110 valence electrons. The fraction of sp³-hybridized carbons (Fsp3) is 0.235. The summed E-state index contributed by atoms with van der Waals surface area (Å²) in [6, 6.07) is 8.12. The number of anilines is 1. The number of aromatic nitrogens is 3. The number of rotatable bonds is 1. The normalized spacial score (nSPS) is 13.5. The van der Waals surface area contributed by atoms with Crippen molar-refractivity contribution >= 4 is 22.6 Å². The molecule has 5 nitrogen and oxygen atoms in total. The number of aryl methyl sites for hydroxylation is 3. The van der Waals surface area contributed by atoms with Gasteiger partial charge < -0.3 is 5.32 Å². The molecule has 0 saturated heterocycles. The fourth-order valence-corrected chi connectivity index (χ4v) is 3.16. The third-order valence-corrected chi connectivity index (χ3v) is 4.12. The van der Waals surface area contributed by atoms with Gasteiger partial charge in [0.25, 0.3) is 0 Å². The van der Waals surface area contributed by atoms with E-state index in [9.17, 15) is 4.79 Å². The molecule has 0 radical (unpaired) electrons. The van der Waals surface area contributed by atoms with Gasteiger partial charge in [0.05, 0.1) is 12.1 Å². The van der Waals surface area contributed by atoms with E-state index in [0.717, 1.165) is 44.8 Å². The Morgan fingerprint density at radius 2 is 2.05 bits per heavy atom. The summed E-state index contributed by atoms with van der Waals surface area (Å²) in [5, 5.41) is 7.46. The highest BCUT2D eigenvalue weighted by Crippen LogP contribution is 2.34. The number of carbonyl (C=O) groups excluding carboxylic acids is 1. The highest BCUT2D eigenvalue weighted by Gasteiger charge is 2.22. The van der Waals surface area contributed by atoms with E-state index in [4.69, 9.17) is 0 Å². The molecule has 5 heteroatoms. The zero-order valence-electron chi connectivity index (χ0n) is 12.8. The van der Waals surface area contributed by atoms with Crippen molar-refractivity contribution in [3.05, 3.63) is 41.1 Å². The van der Waals surface area contributed by atoms with Crippen LogP contribution >= 0.6 is 0 Å². The Morgan fingerprint density at radius 3 is 2.86 bits per heavy atom. The fourth-order valence-electron chi connectivity index (χ4n) is 3.16. The lowest BCUT2D eigenvalue weighted by Crippen LogP contribution is -2.04. The van der Waals surface area contributed by atoms with Crippen molar-refractivity contribution in [3.63, 3.8) is 0 Å². The van der Waals surface area contributed by atoms with Gasteiger partial charge in [-0.2, -0.15) is 5.10 Å². The minimum Gasteiger partial charge on any atom is -0.325 e. The van der Waals surface area contributed by atoms with Gasteiger partial charge in [0.15, 0.2) is 0 Å². The number of nitrogens with one attached hydrogen (secondary N) is 1. The summed E-state index contributed by atoms with van der Waals surface area (Å²) < 4.78 is 1.86. The topological polar surface area (TPSA) is 59.8 Å². The van der Waals surface area contributed by atoms with Crippen LogP contribution in [0.3, 0.4) is 0 Å². The first kappa shape index (κ1) is 13.0. The lowest BCUT2D eigenvalue weighted by atomic mass is 10.0. The second kappa shape index (κ2) is 4.40. The van der Waals surface area contributed by atoms with E-state index < -0.39 is 0 Å². The zero-order chi connectivity index (χ0) is 15.4. The summed E-state index contributed by atoms with van der Waals surface area (Å²) in [5.41, 5.74) is 7.86. The molecule has 1 N–H and O–H groups in total. The molecule has 0 bridgehead atoms. The molecule has 0 spiro atoms. The first-order valence-electron chi connectivity index (χ1n) is 7.27. The predicted octanol–water partition coefficient (Wildman–Crippen LogP) is 2.75. The number of nitrogens with zero attached hydrogens (tertiary/aromatic N) is 3. The van der Waals surface area contributed by atoms with E-state index in [1.807, 2.05) is 37.7 Å². The average Bonchev–Trinajstić information content (AvgIpc) is 2.97. The Kier molecular flexibility index (Phi) is 2.60. The summed E-state index contributed by atoms with van der Waals surface area (Å²) in [4.78, 5) is 16.3. The molecule has 0 aliphatic carbocycles. The molecule has 0 saturated carbocycles. The van der Waals surface area contributed by atoms with E-state index >= 15 is 0 Å². The van der Waals surface area contributed by atoms with Gasteiger partial charge in [-0.3, -0.25) is 9.48 Å². The van der Waals surface area contributed by atoms with Crippen molar-refractivity contribution in [1.82, 2.24) is 14.8 Å². The van der Waals surface area contributed by atoms with Crippen molar-refractivity contribution < 1.29 is 4.79 Å². The van der Waals surface area contributed by atoms with Gasteiger partial charge in [-0.1, -0.05) is 0 Å². The maximum Gasteiger partial charge on any atom is 0.228 e. The first-order valence-corrected chi connectivity index (χ1v) is 7.27. The molecule has 3 heterocycles. The molecule has 1 aromatic carbocycles. The molecule has 1 amide bonds. The van der Waals surface area contributed by atoms with Crippen molar-refractivity contribution in [2.24, 2.45) is 7.05 Å². The van der Waals surface area contributed by atoms with Crippen LogP contribution in [0.25, 0.3) is 22.3 Å². The monoisotopic (exact) mass is 292 g/mol. The summed E-state index contributed by atoms with van der Waals surface area (Å²) >= 11 is 0. The van der Waals surface area contributed by atoms with E-state index in [-0.39, 0.29) is 5.91 Å². The van der Waals surface area contributed by atoms with Gasteiger partial charge in [0.2, 0.25) is 5.91 Å². The highest BCUT2D eigenvalue weighted by atomic mass is 16.1. The molecule has 22 heavy (non-hydrogen) atoms. The van der Waals surface area contributed by atoms with Gasteiger partial charge in [0.1, 0.15) is 11.0 Å². The zero-order valence-corrected chi connectivity index (χ0v) is 12.8. The predicted molar refractivity (Wildman–Crippen MR) is 85.8 cm³/mol. The van der Waals surface area contributed by atoms with Gasteiger partial charge in [-0.05, 0) is 49.2 Å². The molecular weight excluding hydrogens is 276 g/mol. The number of carbonyl (C=O) groups is 1. The second-order valence-corrected chi connectivity index (χ2v) is 5.84. The summed E-state index contributed by atoms with van der Waals surface area (Å²) in [7, 11) is 1.93. The third-order valence-electron chi connectivity index (χ3n) is 4.12. The maximum absolute atomic E-state index is 11.6. The molecule has 3 aromatic rings. The number of amides is 1.